The van der Waals surface area contributed by atoms with Crippen molar-refractivity contribution in [3.8, 4) is 113 Å². The van der Waals surface area contributed by atoms with Crippen molar-refractivity contribution in [2.24, 2.45) is 0 Å². The molecule has 0 radical (unpaired) electrons. The molecule has 0 fully saturated rings. The van der Waals surface area contributed by atoms with E-state index in [1.54, 1.807) is 6.20 Å². The molecule has 20 rings (SSSR count). The van der Waals surface area contributed by atoms with Crippen LogP contribution in [0.1, 0.15) is 25.0 Å². The average Bonchev–Trinajstić information content (AvgIpc) is 1.61. The molecule has 0 N–H and O–H groups in total. The van der Waals surface area contributed by atoms with E-state index in [4.69, 9.17) is 24.9 Å². The number of benzene rings is 7. The highest BCUT2D eigenvalue weighted by molar-refractivity contribution is 6.10. The number of rotatable bonds is 10. The lowest BCUT2D eigenvalue weighted by Crippen LogP contribution is -2.14. The molecule has 12 heteroatoms. The Kier molecular flexibility index (Phi) is 14.6. The Morgan fingerprint density at radius 3 is 1.42 bits per heavy atom. The van der Waals surface area contributed by atoms with Gasteiger partial charge in [0.05, 0.1) is 67.3 Å². The summed E-state index contributed by atoms with van der Waals surface area (Å²) < 4.78 is 4.39. The Bertz CT molecular complexity index is 6420. The minimum atomic E-state index is -0.0542. The summed E-state index contributed by atoms with van der Waals surface area (Å²) in [5, 5.41) is 6.70. The van der Waals surface area contributed by atoms with Crippen LogP contribution in [-0.2, 0) is 5.41 Å². The molecule has 0 amide bonds. The summed E-state index contributed by atoms with van der Waals surface area (Å²) in [6.07, 6.45) is 18.6. The summed E-state index contributed by atoms with van der Waals surface area (Å²) in [7, 11) is 0. The fraction of sp³-hybridized carbons (Fsp3) is 0.0330. The van der Waals surface area contributed by atoms with Crippen LogP contribution in [0, 0.1) is 0 Å². The van der Waals surface area contributed by atoms with Gasteiger partial charge in [-0.25, -0.2) is 24.9 Å². The van der Waals surface area contributed by atoms with Gasteiger partial charge in [-0.1, -0.05) is 135 Å². The summed E-state index contributed by atoms with van der Waals surface area (Å²) in [5.74, 6) is 1.68. The molecule has 0 saturated carbocycles. The van der Waals surface area contributed by atoms with Crippen LogP contribution in [0.25, 0.3) is 178 Å². The highest BCUT2D eigenvalue weighted by atomic mass is 15.1. The molecule has 1 aliphatic rings. The standard InChI is InChI=1S/C47H33N5.C44H27N7/c1-47(2)40-12-5-3-10-36(40)37-16-14-33(25-41(37)47)31-8-7-9-32(24-31)35-26-42(30-18-21-48-22-19-30)51-43(27-35)34-15-17-46(50-28-34)52-44-13-6-4-11-38(44)39-29-49-23-20-45(39)52;1-2-12-42-34(9-1)35-27-45-22-19-43(35)51(42)44-18-13-30(26-48-44)40-24-31(25-41(50-40)39-11-3-4-20-47-39)28-7-5-8-29(23-28)36-15-14-33-32-10-6-21-46-37(32)16-17-38(33)49-36/h3-29H,1-2H3;1-27H. The first-order valence-electron chi connectivity index (χ1n) is 34.4. The van der Waals surface area contributed by atoms with Crippen molar-refractivity contribution in [1.82, 2.24) is 59.0 Å². The SMILES string of the molecule is CC1(C)c2ccccc2-c2ccc(-c3cccc(-c4cc(-c5ccncc5)nc(-c5ccc(-n6c7ccccc7c7cnccc76)nc5)c4)c3)cc21.c1ccc(-c2cc(-c3cccc(-c4ccc5c(ccc6ncccc65)n4)c3)cc(-c3ccc(-n4c5ccccc5c5cnccc54)nc3)n2)nc1. The third-order valence-corrected chi connectivity index (χ3v) is 20.1. The third kappa shape index (κ3) is 10.7. The zero-order valence-corrected chi connectivity index (χ0v) is 56.0. The van der Waals surface area contributed by atoms with E-state index in [0.29, 0.717) is 0 Å². The van der Waals surface area contributed by atoms with Crippen molar-refractivity contribution < 1.29 is 0 Å². The third-order valence-electron chi connectivity index (χ3n) is 20.1. The van der Waals surface area contributed by atoms with Gasteiger partial charge in [0.2, 0.25) is 0 Å². The topological polar surface area (TPSA) is 139 Å². The van der Waals surface area contributed by atoms with Crippen molar-refractivity contribution in [2.75, 3.05) is 0 Å². The largest absolute Gasteiger partial charge is 0.294 e. The maximum atomic E-state index is 5.16. The van der Waals surface area contributed by atoms with E-state index in [-0.39, 0.29) is 5.41 Å². The number of nitrogens with zero attached hydrogens (tertiary/aromatic N) is 12. The van der Waals surface area contributed by atoms with E-state index >= 15 is 0 Å². The predicted molar refractivity (Wildman–Crippen MR) is 416 cm³/mol. The maximum absolute atomic E-state index is 5.16. The van der Waals surface area contributed by atoms with Crippen LogP contribution in [0.5, 0.6) is 0 Å². The number of hydrogen-bond acceptors (Lipinski definition) is 10. The first-order chi connectivity index (χ1) is 50.8. The van der Waals surface area contributed by atoms with E-state index < -0.39 is 0 Å². The van der Waals surface area contributed by atoms with Gasteiger partial charge in [-0.05, 0) is 201 Å². The molecule has 484 valence electrons. The van der Waals surface area contributed by atoms with Crippen molar-refractivity contribution >= 4 is 65.4 Å². The van der Waals surface area contributed by atoms with Crippen molar-refractivity contribution in [2.45, 2.75) is 19.3 Å². The van der Waals surface area contributed by atoms with E-state index in [1.165, 1.54) is 33.4 Å². The fourth-order valence-electron chi connectivity index (χ4n) is 15.0. The van der Waals surface area contributed by atoms with Crippen LogP contribution in [0.3, 0.4) is 0 Å². The molecule has 0 spiro atoms. The second kappa shape index (κ2) is 24.9. The van der Waals surface area contributed by atoms with Gasteiger partial charge in [0.15, 0.2) is 0 Å². The number of para-hydroxylation sites is 2. The molecule has 12 heterocycles. The van der Waals surface area contributed by atoms with E-state index in [1.807, 2.05) is 116 Å². The van der Waals surface area contributed by atoms with Gasteiger partial charge in [0, 0.05) is 122 Å². The molecule has 19 aromatic rings. The quantitative estimate of drug-likeness (QED) is 0.122. The second-order valence-electron chi connectivity index (χ2n) is 26.5. The van der Waals surface area contributed by atoms with Gasteiger partial charge in [-0.3, -0.25) is 34.1 Å². The minimum Gasteiger partial charge on any atom is -0.294 e. The molecule has 0 atom stereocenters. The molecule has 7 aromatic carbocycles. The molecule has 12 aromatic heterocycles. The van der Waals surface area contributed by atoms with Crippen molar-refractivity contribution in [3.63, 3.8) is 0 Å². The van der Waals surface area contributed by atoms with Gasteiger partial charge >= 0.3 is 0 Å². The van der Waals surface area contributed by atoms with Crippen molar-refractivity contribution in [1.29, 1.82) is 0 Å². The van der Waals surface area contributed by atoms with Crippen LogP contribution in [0.4, 0.5) is 0 Å². The van der Waals surface area contributed by atoms with Crippen LogP contribution >= 0.6 is 0 Å². The highest BCUT2D eigenvalue weighted by Gasteiger charge is 2.35. The number of pyridine rings is 10. The summed E-state index contributed by atoms with van der Waals surface area (Å²) in [6, 6.07) is 93.1. The number of fused-ring (bicyclic) bond motifs is 12. The van der Waals surface area contributed by atoms with Crippen molar-refractivity contribution in [3.05, 3.63) is 340 Å². The van der Waals surface area contributed by atoms with E-state index in [0.717, 1.165) is 156 Å². The predicted octanol–water partition coefficient (Wildman–Crippen LogP) is 21.5. The Morgan fingerprint density at radius 1 is 0.243 bits per heavy atom. The van der Waals surface area contributed by atoms with Crippen LogP contribution < -0.4 is 0 Å². The number of aromatic nitrogens is 12. The van der Waals surface area contributed by atoms with Gasteiger partial charge in [-0.2, -0.15) is 0 Å². The van der Waals surface area contributed by atoms with Crippen LogP contribution in [0.15, 0.2) is 329 Å². The van der Waals surface area contributed by atoms with Gasteiger partial charge in [0.25, 0.3) is 0 Å². The molecular weight excluding hydrogens is 1260 g/mol. The Balaban J connectivity index is 0.000000142. The summed E-state index contributed by atoms with van der Waals surface area (Å²) in [5.41, 5.74) is 27.3. The maximum Gasteiger partial charge on any atom is 0.137 e. The Labute approximate surface area is 592 Å². The first-order valence-corrected chi connectivity index (χ1v) is 34.4. The first kappa shape index (κ1) is 60.3. The monoisotopic (exact) mass is 1320 g/mol. The Hall–Kier alpha value is -13.8. The normalized spacial score (nSPS) is 12.3. The molecule has 103 heavy (non-hydrogen) atoms. The summed E-state index contributed by atoms with van der Waals surface area (Å²) in [6.45, 7) is 4.66. The Morgan fingerprint density at radius 2 is 0.757 bits per heavy atom. The summed E-state index contributed by atoms with van der Waals surface area (Å²) in [4.78, 5) is 47.5. The highest BCUT2D eigenvalue weighted by Crippen LogP contribution is 2.50. The van der Waals surface area contributed by atoms with Crippen LogP contribution in [0.2, 0.25) is 0 Å². The molecule has 0 bridgehead atoms. The molecule has 0 unspecified atom stereocenters. The lowest BCUT2D eigenvalue weighted by Gasteiger charge is -2.22. The number of hydrogen-bond donors (Lipinski definition) is 0. The lowest BCUT2D eigenvalue weighted by atomic mass is 9.81. The van der Waals surface area contributed by atoms with Gasteiger partial charge in [-0.15, -0.1) is 0 Å². The molecule has 0 aliphatic heterocycles. The zero-order chi connectivity index (χ0) is 68.5. The van der Waals surface area contributed by atoms with Gasteiger partial charge in [0.1, 0.15) is 11.6 Å². The minimum absolute atomic E-state index is 0.0542. The zero-order valence-electron chi connectivity index (χ0n) is 56.0. The van der Waals surface area contributed by atoms with Crippen LogP contribution in [-0.4, -0.2) is 59.0 Å². The molecule has 1 aliphatic carbocycles. The lowest BCUT2D eigenvalue weighted by molar-refractivity contribution is 0.660. The fourth-order valence-corrected chi connectivity index (χ4v) is 15.0. The summed E-state index contributed by atoms with van der Waals surface area (Å²) >= 11 is 0. The molecule has 12 nitrogen and oxygen atoms in total. The smallest absolute Gasteiger partial charge is 0.137 e. The van der Waals surface area contributed by atoms with Gasteiger partial charge < -0.3 is 0 Å². The molecular formula is C91H60N12. The molecule has 0 saturated heterocycles. The van der Waals surface area contributed by atoms with E-state index in [2.05, 4.69) is 254 Å². The second-order valence-corrected chi connectivity index (χ2v) is 26.5. The average molecular weight is 1320 g/mol. The van der Waals surface area contributed by atoms with E-state index in [9.17, 15) is 0 Å².